The largest absolute Gasteiger partial charge is 0.465 e. The van der Waals surface area contributed by atoms with E-state index in [2.05, 4.69) is 25.3 Å². The van der Waals surface area contributed by atoms with Crippen LogP contribution < -0.4 is 5.32 Å². The third-order valence-corrected chi connectivity index (χ3v) is 12.3. The monoisotopic (exact) mass is 794 g/mol. The van der Waals surface area contributed by atoms with Crippen LogP contribution in [0.4, 0.5) is 9.59 Å². The van der Waals surface area contributed by atoms with E-state index in [9.17, 15) is 34.5 Å². The number of alkyl carbamates (subject to hydrolysis) is 1. The van der Waals surface area contributed by atoms with Crippen molar-refractivity contribution < 1.29 is 39.2 Å². The van der Waals surface area contributed by atoms with Gasteiger partial charge in [-0.2, -0.15) is 0 Å². The van der Waals surface area contributed by atoms with Crippen LogP contribution in [0.1, 0.15) is 77.1 Å². The average molecular weight is 795 g/mol. The van der Waals surface area contributed by atoms with Crippen molar-refractivity contribution in [1.82, 2.24) is 40.0 Å². The highest BCUT2D eigenvalue weighted by Gasteiger charge is 2.59. The molecule has 16 heteroatoms. The predicted molar refractivity (Wildman–Crippen MR) is 211 cm³/mol. The Hall–Kier alpha value is -5.74. The zero-order valence-corrected chi connectivity index (χ0v) is 33.3. The van der Waals surface area contributed by atoms with E-state index in [1.807, 2.05) is 48.5 Å². The Bertz CT molecular complexity index is 2220. The molecule has 2 aromatic heterocycles. The second-order valence-corrected chi connectivity index (χ2v) is 17.3. The number of hydrogen-bond donors (Lipinski definition) is 6. The van der Waals surface area contributed by atoms with Gasteiger partial charge in [-0.05, 0) is 87.5 Å². The molecule has 306 valence electrons. The summed E-state index contributed by atoms with van der Waals surface area (Å²) in [6, 6.07) is 13.1. The minimum Gasteiger partial charge on any atom is -0.465 e. The van der Waals surface area contributed by atoms with Gasteiger partial charge in [-0.1, -0.05) is 48.5 Å². The van der Waals surface area contributed by atoms with Crippen molar-refractivity contribution in [2.45, 2.75) is 101 Å². The molecule has 6 N–H and O–H groups in total. The smallest absolute Gasteiger partial charge is 0.407 e. The molecule has 2 aliphatic carbocycles. The van der Waals surface area contributed by atoms with E-state index in [-0.39, 0.29) is 30.1 Å². The molecular formula is C42H50N8O8. The van der Waals surface area contributed by atoms with E-state index < -0.39 is 41.4 Å². The van der Waals surface area contributed by atoms with Crippen molar-refractivity contribution in [3.63, 3.8) is 0 Å². The van der Waals surface area contributed by atoms with E-state index in [1.165, 1.54) is 41.9 Å². The summed E-state index contributed by atoms with van der Waals surface area (Å²) in [7, 11) is 2.52. The van der Waals surface area contributed by atoms with E-state index in [0.717, 1.165) is 57.8 Å². The molecule has 4 fully saturated rings. The molecule has 4 heterocycles. The highest BCUT2D eigenvalue weighted by molar-refractivity contribution is 5.89. The van der Waals surface area contributed by atoms with Gasteiger partial charge in [0.15, 0.2) is 0 Å². The molecule has 4 amide bonds. The number of carboxylic acid groups (broad SMARTS) is 1. The number of H-pyrrole nitrogens is 2. The minimum atomic E-state index is -1.58. The van der Waals surface area contributed by atoms with Crippen molar-refractivity contribution >= 4 is 24.0 Å². The lowest BCUT2D eigenvalue weighted by Crippen LogP contribution is -2.59. The molecule has 4 aliphatic rings. The van der Waals surface area contributed by atoms with Crippen LogP contribution in [0.15, 0.2) is 60.9 Å². The van der Waals surface area contributed by atoms with Gasteiger partial charge in [-0.15, -0.1) is 0 Å². The summed E-state index contributed by atoms with van der Waals surface area (Å²) < 4.78 is 4.72. The number of rotatable bonds is 11. The number of hydrogen-bond acceptors (Lipinski definition) is 9. The van der Waals surface area contributed by atoms with Crippen LogP contribution in [-0.2, 0) is 14.3 Å². The lowest BCUT2D eigenvalue weighted by Gasteiger charge is -2.38. The van der Waals surface area contributed by atoms with Crippen LogP contribution in [0.25, 0.3) is 33.6 Å². The maximum absolute atomic E-state index is 13.9. The molecule has 0 bridgehead atoms. The number of aliphatic hydroxyl groups is 2. The summed E-state index contributed by atoms with van der Waals surface area (Å²) in [4.78, 5) is 72.1. The molecule has 16 nitrogen and oxygen atoms in total. The van der Waals surface area contributed by atoms with Crippen molar-refractivity contribution in [3.8, 4) is 33.6 Å². The first-order valence-electron chi connectivity index (χ1n) is 19.6. The Morgan fingerprint density at radius 1 is 0.741 bits per heavy atom. The summed E-state index contributed by atoms with van der Waals surface area (Å²) in [5.74, 6) is 1.14. The standard InChI is InChI=1S/C42H50N8O8/c1-41(2,56)33(47-39(53)58-6)37(51)49-29-15-25(29)17-31(49)35-43-19-27(45-35)23-11-7-21(8-12-23)22-9-13-24(14-10-22)28-20-44-36(46-28)32-18-26-16-30(26)50(32)38(52)34(42(3,4)57)48(5)40(54)55/h7-14,19-20,25-26,29-34,56-57H,15-18H2,1-6H3,(H,43,45)(H,44,46)(H,47,53)(H,54,55)/t25-,26+,29+,30+,31+,32+,33-,34-/m1/s1. The van der Waals surface area contributed by atoms with Crippen LogP contribution in [-0.4, -0.2) is 123 Å². The Morgan fingerprint density at radius 3 is 1.57 bits per heavy atom. The van der Waals surface area contributed by atoms with Gasteiger partial charge in [-0.3, -0.25) is 14.5 Å². The number of piperidine rings is 2. The molecule has 58 heavy (non-hydrogen) atoms. The number of nitrogens with zero attached hydrogens (tertiary/aromatic N) is 5. The molecule has 2 aromatic carbocycles. The first-order chi connectivity index (χ1) is 27.4. The molecule has 8 rings (SSSR count). The van der Waals surface area contributed by atoms with Crippen LogP contribution in [0.2, 0.25) is 0 Å². The zero-order chi connectivity index (χ0) is 41.4. The van der Waals surface area contributed by atoms with Gasteiger partial charge in [0.25, 0.3) is 0 Å². The minimum absolute atomic E-state index is 0.00517. The second-order valence-electron chi connectivity index (χ2n) is 17.3. The number of aromatic nitrogens is 4. The molecule has 2 aliphatic heterocycles. The number of likely N-dealkylation sites (tertiary alicyclic amines) is 2. The lowest BCUT2D eigenvalue weighted by atomic mass is 9.95. The van der Waals surface area contributed by atoms with Gasteiger partial charge in [0.05, 0.1) is 54.2 Å². The first-order valence-corrected chi connectivity index (χ1v) is 19.6. The molecule has 0 unspecified atom stereocenters. The number of carbonyl (C=O) groups excluding carboxylic acids is 3. The van der Waals surface area contributed by atoms with Crippen molar-refractivity contribution in [2.75, 3.05) is 14.2 Å². The number of methoxy groups -OCH3 is 1. The number of benzene rings is 2. The van der Waals surface area contributed by atoms with Gasteiger partial charge >= 0.3 is 12.2 Å². The molecule has 0 radical (unpaired) electrons. The predicted octanol–water partition coefficient (Wildman–Crippen LogP) is 4.70. The molecule has 4 aromatic rings. The fourth-order valence-electron chi connectivity index (χ4n) is 9.08. The number of carbonyl (C=O) groups is 4. The van der Waals surface area contributed by atoms with Gasteiger partial charge in [0, 0.05) is 19.1 Å². The van der Waals surface area contributed by atoms with Crippen molar-refractivity contribution in [2.24, 2.45) is 11.8 Å². The highest BCUT2D eigenvalue weighted by atomic mass is 16.5. The highest BCUT2D eigenvalue weighted by Crippen LogP contribution is 2.55. The average Bonchev–Trinajstić information content (AvgIpc) is 3.77. The number of aromatic amines is 2. The lowest BCUT2D eigenvalue weighted by molar-refractivity contribution is -0.146. The Labute approximate surface area is 335 Å². The summed E-state index contributed by atoms with van der Waals surface area (Å²) in [6.07, 6.45) is 4.61. The van der Waals surface area contributed by atoms with Gasteiger partial charge in [-0.25, -0.2) is 19.6 Å². The molecule has 2 saturated heterocycles. The maximum Gasteiger partial charge on any atom is 0.407 e. The van der Waals surface area contributed by atoms with E-state index in [4.69, 9.17) is 4.74 Å². The molecular weight excluding hydrogens is 745 g/mol. The number of imidazole rings is 2. The number of nitrogens with one attached hydrogen (secondary N) is 3. The van der Waals surface area contributed by atoms with Crippen molar-refractivity contribution in [3.05, 3.63) is 72.6 Å². The van der Waals surface area contributed by atoms with Gasteiger partial charge in [0.1, 0.15) is 23.7 Å². The SMILES string of the molecule is COC(=O)N[C@H](C(=O)N1[C@H](c2ncc(-c3ccc(-c4ccc(-c5cnc([C@@H]6C[C@@H]7C[C@@H]7N6C(=O)[C@@H](N(C)C(=O)O)C(C)(C)O)[nH]5)cc4)cc3)[nH]2)C[C@H]2C[C@@H]21)C(C)(C)O. The molecule has 0 spiro atoms. The van der Waals surface area contributed by atoms with Crippen LogP contribution in [0.5, 0.6) is 0 Å². The van der Waals surface area contributed by atoms with Gasteiger partial charge < -0.3 is 45.1 Å². The van der Waals surface area contributed by atoms with Crippen LogP contribution in [0, 0.1) is 11.8 Å². The Morgan fingerprint density at radius 2 is 1.17 bits per heavy atom. The third kappa shape index (κ3) is 7.19. The van der Waals surface area contributed by atoms with Crippen molar-refractivity contribution in [1.29, 1.82) is 0 Å². The van der Waals surface area contributed by atoms with E-state index >= 15 is 0 Å². The van der Waals surface area contributed by atoms with Gasteiger partial charge in [0.2, 0.25) is 11.8 Å². The maximum atomic E-state index is 13.9. The summed E-state index contributed by atoms with van der Waals surface area (Å²) >= 11 is 0. The Kier molecular flexibility index (Phi) is 9.62. The summed E-state index contributed by atoms with van der Waals surface area (Å²) in [5, 5.41) is 33.8. The van der Waals surface area contributed by atoms with Crippen LogP contribution >= 0.6 is 0 Å². The van der Waals surface area contributed by atoms with E-state index in [1.54, 1.807) is 22.2 Å². The molecule has 8 atom stereocenters. The quantitative estimate of drug-likeness (QED) is 0.123. The number of amides is 4. The summed E-state index contributed by atoms with van der Waals surface area (Å²) in [5.41, 5.74) is 2.35. The number of ether oxygens (including phenoxy) is 1. The van der Waals surface area contributed by atoms with E-state index in [0.29, 0.717) is 29.9 Å². The third-order valence-electron chi connectivity index (χ3n) is 12.3. The molecule has 2 saturated carbocycles. The fourth-order valence-corrected chi connectivity index (χ4v) is 9.08. The zero-order valence-electron chi connectivity index (χ0n) is 33.3. The number of likely N-dealkylation sites (N-methyl/N-ethyl adjacent to an activating group) is 1. The first kappa shape index (κ1) is 39.1. The second kappa shape index (κ2) is 14.3. The topological polar surface area (TPSA) is 217 Å². The Balaban J connectivity index is 0.943. The van der Waals surface area contributed by atoms with Crippen LogP contribution in [0.3, 0.4) is 0 Å². The fraction of sp³-hybridized carbons (Fsp3) is 0.476. The normalized spacial score (nSPS) is 24.4. The summed E-state index contributed by atoms with van der Waals surface area (Å²) in [6.45, 7) is 5.88. The number of fused-ring (bicyclic) bond motifs is 2.